The summed E-state index contributed by atoms with van der Waals surface area (Å²) < 4.78 is 38.2. The molecule has 2 rings (SSSR count). The molecular weight excluding hydrogens is 373 g/mol. The Bertz CT molecular complexity index is 669. The van der Waals surface area contributed by atoms with E-state index in [1.165, 1.54) is 12.1 Å². The van der Waals surface area contributed by atoms with Crippen LogP contribution in [0, 0.1) is 0 Å². The van der Waals surface area contributed by atoms with E-state index in [9.17, 15) is 22.8 Å². The summed E-state index contributed by atoms with van der Waals surface area (Å²) in [6.45, 7) is 7.69. The van der Waals surface area contributed by atoms with Crippen molar-refractivity contribution in [3.8, 4) is 0 Å². The van der Waals surface area contributed by atoms with Crippen molar-refractivity contribution in [3.63, 3.8) is 0 Å². The molecular formula is C19H27F3N4O2. The first-order valence-corrected chi connectivity index (χ1v) is 9.43. The summed E-state index contributed by atoms with van der Waals surface area (Å²) in [6, 6.07) is 4.79. The molecule has 0 radical (unpaired) electrons. The average molecular weight is 400 g/mol. The van der Waals surface area contributed by atoms with E-state index in [1.54, 1.807) is 9.80 Å². The first kappa shape index (κ1) is 22.0. The van der Waals surface area contributed by atoms with Gasteiger partial charge in [-0.1, -0.05) is 6.07 Å². The van der Waals surface area contributed by atoms with E-state index >= 15 is 0 Å². The zero-order valence-corrected chi connectivity index (χ0v) is 16.3. The van der Waals surface area contributed by atoms with Crippen molar-refractivity contribution in [3.05, 3.63) is 29.8 Å². The molecule has 28 heavy (non-hydrogen) atoms. The van der Waals surface area contributed by atoms with Crippen molar-refractivity contribution >= 4 is 17.5 Å². The number of alkyl halides is 3. The molecule has 1 N–H and O–H groups in total. The standard InChI is InChI=1S/C19H27F3N4O2/c1-3-25(4-2)18(28)14-24-8-10-26(11-9-24)17(27)13-23-16-7-5-6-15(12-16)19(20,21)22/h5-7,12,23H,3-4,8-11,13-14H2,1-2H3. The number of piperazine rings is 1. The van der Waals surface area contributed by atoms with Crippen LogP contribution in [0.25, 0.3) is 0 Å². The highest BCUT2D eigenvalue weighted by Crippen LogP contribution is 2.30. The van der Waals surface area contributed by atoms with E-state index < -0.39 is 11.7 Å². The Morgan fingerprint density at radius 1 is 1.11 bits per heavy atom. The van der Waals surface area contributed by atoms with Crippen LogP contribution in [-0.2, 0) is 15.8 Å². The second-order valence-electron chi connectivity index (χ2n) is 6.66. The Kier molecular flexibility index (Phi) is 7.68. The van der Waals surface area contributed by atoms with Gasteiger partial charge in [-0.25, -0.2) is 0 Å². The summed E-state index contributed by atoms with van der Waals surface area (Å²) in [5.41, 5.74) is -0.497. The van der Waals surface area contributed by atoms with Crippen LogP contribution in [0.15, 0.2) is 24.3 Å². The van der Waals surface area contributed by atoms with Gasteiger partial charge in [0.15, 0.2) is 0 Å². The number of benzene rings is 1. The fraction of sp³-hybridized carbons (Fsp3) is 0.579. The van der Waals surface area contributed by atoms with E-state index in [-0.39, 0.29) is 24.0 Å². The topological polar surface area (TPSA) is 55.9 Å². The van der Waals surface area contributed by atoms with Gasteiger partial charge in [-0.3, -0.25) is 14.5 Å². The van der Waals surface area contributed by atoms with Gasteiger partial charge in [-0.15, -0.1) is 0 Å². The van der Waals surface area contributed by atoms with Gasteiger partial charge in [0, 0.05) is 45.0 Å². The lowest BCUT2D eigenvalue weighted by Crippen LogP contribution is -2.52. The Morgan fingerprint density at radius 2 is 1.75 bits per heavy atom. The van der Waals surface area contributed by atoms with Crippen molar-refractivity contribution in [2.45, 2.75) is 20.0 Å². The minimum atomic E-state index is -4.42. The largest absolute Gasteiger partial charge is 0.416 e. The normalized spacial score (nSPS) is 15.4. The lowest BCUT2D eigenvalue weighted by molar-refractivity contribution is -0.137. The highest BCUT2D eigenvalue weighted by atomic mass is 19.4. The number of anilines is 1. The van der Waals surface area contributed by atoms with Crippen LogP contribution in [0.4, 0.5) is 18.9 Å². The monoisotopic (exact) mass is 400 g/mol. The average Bonchev–Trinajstić information content (AvgIpc) is 2.67. The number of nitrogens with zero attached hydrogens (tertiary/aromatic N) is 3. The summed E-state index contributed by atoms with van der Waals surface area (Å²) in [5.74, 6) is -0.0943. The van der Waals surface area contributed by atoms with Crippen LogP contribution in [0.5, 0.6) is 0 Å². The SMILES string of the molecule is CCN(CC)C(=O)CN1CCN(C(=O)CNc2cccc(C(F)(F)F)c2)CC1. The number of carbonyl (C=O) groups excluding carboxylic acids is 2. The molecule has 1 heterocycles. The minimum absolute atomic E-state index is 0.0698. The van der Waals surface area contributed by atoms with Gasteiger partial charge in [-0.05, 0) is 32.0 Å². The molecule has 9 heteroatoms. The maximum Gasteiger partial charge on any atom is 0.416 e. The van der Waals surface area contributed by atoms with Gasteiger partial charge in [0.25, 0.3) is 0 Å². The van der Waals surface area contributed by atoms with Gasteiger partial charge in [0.2, 0.25) is 11.8 Å². The predicted octanol–water partition coefficient (Wildman–Crippen LogP) is 2.13. The van der Waals surface area contributed by atoms with Crippen molar-refractivity contribution in [2.75, 3.05) is 57.7 Å². The van der Waals surface area contributed by atoms with E-state index in [1.807, 2.05) is 18.7 Å². The van der Waals surface area contributed by atoms with E-state index in [4.69, 9.17) is 0 Å². The fourth-order valence-corrected chi connectivity index (χ4v) is 3.12. The molecule has 1 saturated heterocycles. The molecule has 0 saturated carbocycles. The van der Waals surface area contributed by atoms with Crippen molar-refractivity contribution in [1.82, 2.24) is 14.7 Å². The molecule has 0 aromatic heterocycles. The van der Waals surface area contributed by atoms with Gasteiger partial charge >= 0.3 is 6.18 Å². The first-order chi connectivity index (χ1) is 13.2. The number of rotatable bonds is 7. The molecule has 1 aromatic carbocycles. The van der Waals surface area contributed by atoms with Crippen LogP contribution in [0.3, 0.4) is 0 Å². The maximum absolute atomic E-state index is 12.7. The number of hydrogen-bond acceptors (Lipinski definition) is 4. The zero-order valence-electron chi connectivity index (χ0n) is 16.3. The minimum Gasteiger partial charge on any atom is -0.376 e. The molecule has 1 aliphatic heterocycles. The molecule has 1 aromatic rings. The summed E-state index contributed by atoms with van der Waals surface area (Å²) in [5, 5.41) is 2.76. The molecule has 0 unspecified atom stereocenters. The molecule has 1 aliphatic rings. The third-order valence-corrected chi connectivity index (χ3v) is 4.83. The van der Waals surface area contributed by atoms with Crippen LogP contribution < -0.4 is 5.32 Å². The molecule has 6 nitrogen and oxygen atoms in total. The molecule has 2 amide bonds. The zero-order chi connectivity index (χ0) is 20.7. The molecule has 156 valence electrons. The molecule has 0 aliphatic carbocycles. The second-order valence-corrected chi connectivity index (χ2v) is 6.66. The molecule has 0 atom stereocenters. The molecule has 0 spiro atoms. The number of carbonyl (C=O) groups is 2. The van der Waals surface area contributed by atoms with Crippen molar-refractivity contribution < 1.29 is 22.8 Å². The number of hydrogen-bond donors (Lipinski definition) is 1. The Labute approximate surface area is 163 Å². The summed E-state index contributed by atoms with van der Waals surface area (Å²) in [6.07, 6.45) is -4.42. The maximum atomic E-state index is 12.7. The Morgan fingerprint density at radius 3 is 2.32 bits per heavy atom. The molecule has 1 fully saturated rings. The lowest BCUT2D eigenvalue weighted by atomic mass is 10.2. The van der Waals surface area contributed by atoms with Crippen LogP contribution in [0.2, 0.25) is 0 Å². The third-order valence-electron chi connectivity index (χ3n) is 4.83. The summed E-state index contributed by atoms with van der Waals surface area (Å²) in [7, 11) is 0. The quantitative estimate of drug-likeness (QED) is 0.762. The summed E-state index contributed by atoms with van der Waals surface area (Å²) >= 11 is 0. The van der Waals surface area contributed by atoms with E-state index in [0.29, 0.717) is 45.8 Å². The van der Waals surface area contributed by atoms with Gasteiger partial charge in [-0.2, -0.15) is 13.2 Å². The third kappa shape index (κ3) is 6.12. The smallest absolute Gasteiger partial charge is 0.376 e. The van der Waals surface area contributed by atoms with Gasteiger partial charge < -0.3 is 15.1 Å². The van der Waals surface area contributed by atoms with Crippen LogP contribution in [-0.4, -0.2) is 78.9 Å². The van der Waals surface area contributed by atoms with Crippen LogP contribution >= 0.6 is 0 Å². The number of likely N-dealkylation sites (N-methyl/N-ethyl adjacent to an activating group) is 1. The number of amides is 2. The number of nitrogens with one attached hydrogen (secondary N) is 1. The first-order valence-electron chi connectivity index (χ1n) is 9.43. The van der Waals surface area contributed by atoms with Gasteiger partial charge in [0.1, 0.15) is 0 Å². The Hall–Kier alpha value is -2.29. The van der Waals surface area contributed by atoms with Crippen molar-refractivity contribution in [1.29, 1.82) is 0 Å². The fourth-order valence-electron chi connectivity index (χ4n) is 3.12. The Balaban J connectivity index is 1.79. The predicted molar refractivity (Wildman–Crippen MR) is 101 cm³/mol. The van der Waals surface area contributed by atoms with E-state index in [2.05, 4.69) is 5.32 Å². The highest BCUT2D eigenvalue weighted by Gasteiger charge is 2.30. The second kappa shape index (κ2) is 9.77. The highest BCUT2D eigenvalue weighted by molar-refractivity contribution is 5.81. The van der Waals surface area contributed by atoms with E-state index in [0.717, 1.165) is 12.1 Å². The molecule has 0 bridgehead atoms. The van der Waals surface area contributed by atoms with Gasteiger partial charge in [0.05, 0.1) is 18.7 Å². The summed E-state index contributed by atoms with van der Waals surface area (Å²) in [4.78, 5) is 29.9. The lowest BCUT2D eigenvalue weighted by Gasteiger charge is -2.35. The van der Waals surface area contributed by atoms with Crippen molar-refractivity contribution in [2.24, 2.45) is 0 Å². The van der Waals surface area contributed by atoms with Crippen LogP contribution in [0.1, 0.15) is 19.4 Å². The number of halogens is 3.